The quantitative estimate of drug-likeness (QED) is 0.205. The minimum absolute atomic E-state index is 0.0683. The number of anilines is 1. The maximum Gasteiger partial charge on any atom is 0.267 e. The van der Waals surface area contributed by atoms with Gasteiger partial charge in [-0.3, -0.25) is 9.82 Å². The number of sulfonamides is 1. The van der Waals surface area contributed by atoms with Gasteiger partial charge in [0.1, 0.15) is 17.9 Å². The van der Waals surface area contributed by atoms with Crippen LogP contribution in [0.25, 0.3) is 16.5 Å². The van der Waals surface area contributed by atoms with Crippen LogP contribution < -0.4 is 4.72 Å². The number of hydrogen-bond donors (Lipinski definition) is 5. The molecule has 36 heavy (non-hydrogen) atoms. The van der Waals surface area contributed by atoms with E-state index >= 15 is 4.39 Å². The van der Waals surface area contributed by atoms with Crippen LogP contribution in [0.1, 0.15) is 0 Å². The van der Waals surface area contributed by atoms with Crippen LogP contribution in [0.2, 0.25) is 0 Å². The SMILES string of the molecule is O=S(=O)(Nc1cc(Sc2ncn[nH]2)c(O)c2ccccc12)c1c(F)ccc(-n2c(O)ccc2O)c1F. The molecule has 5 aromatic rings. The fourth-order valence-corrected chi connectivity index (χ4v) is 5.66. The van der Waals surface area contributed by atoms with Gasteiger partial charge in [-0.15, -0.1) is 0 Å². The van der Waals surface area contributed by atoms with Crippen LogP contribution in [0.3, 0.4) is 0 Å². The lowest BCUT2D eigenvalue weighted by Gasteiger charge is -2.16. The molecule has 5 rings (SSSR count). The normalized spacial score (nSPS) is 11.7. The lowest BCUT2D eigenvalue weighted by atomic mass is 10.1. The Labute approximate surface area is 205 Å². The third-order valence-electron chi connectivity index (χ3n) is 5.20. The highest BCUT2D eigenvalue weighted by Crippen LogP contribution is 2.42. The summed E-state index contributed by atoms with van der Waals surface area (Å²) < 4.78 is 59.5. The molecule has 14 heteroatoms. The number of aromatic hydroxyl groups is 3. The van der Waals surface area contributed by atoms with E-state index in [0.29, 0.717) is 15.8 Å². The van der Waals surface area contributed by atoms with E-state index in [-0.39, 0.29) is 27.1 Å². The van der Waals surface area contributed by atoms with Gasteiger partial charge < -0.3 is 15.3 Å². The van der Waals surface area contributed by atoms with Crippen LogP contribution in [0.4, 0.5) is 14.5 Å². The van der Waals surface area contributed by atoms with Crippen molar-refractivity contribution in [2.45, 2.75) is 14.9 Å². The van der Waals surface area contributed by atoms with Gasteiger partial charge in [0.15, 0.2) is 27.6 Å². The van der Waals surface area contributed by atoms with Crippen LogP contribution in [0, 0.1) is 11.6 Å². The summed E-state index contributed by atoms with van der Waals surface area (Å²) in [6.07, 6.45) is 1.25. The molecule has 0 bridgehead atoms. The molecule has 3 aromatic carbocycles. The third-order valence-corrected chi connectivity index (χ3v) is 7.52. The van der Waals surface area contributed by atoms with E-state index in [1.165, 1.54) is 18.5 Å². The van der Waals surface area contributed by atoms with E-state index < -0.39 is 44.0 Å². The Kier molecular flexibility index (Phi) is 5.68. The monoisotopic (exact) mass is 531 g/mol. The number of nitrogens with zero attached hydrogens (tertiary/aromatic N) is 3. The van der Waals surface area contributed by atoms with Crippen molar-refractivity contribution in [3.05, 3.63) is 72.6 Å². The number of aromatic amines is 1. The van der Waals surface area contributed by atoms with Crippen LogP contribution >= 0.6 is 11.8 Å². The topological polar surface area (TPSA) is 153 Å². The van der Waals surface area contributed by atoms with Gasteiger partial charge in [-0.2, -0.15) is 5.10 Å². The van der Waals surface area contributed by atoms with Crippen molar-refractivity contribution >= 4 is 38.2 Å². The van der Waals surface area contributed by atoms with Gasteiger partial charge in [0, 0.05) is 22.9 Å². The molecule has 0 aliphatic heterocycles. The first-order valence-electron chi connectivity index (χ1n) is 10.1. The average Bonchev–Trinajstić information content (AvgIpc) is 3.46. The largest absolute Gasteiger partial charge is 0.506 e. The molecule has 0 aliphatic rings. The Morgan fingerprint density at radius 1 is 0.972 bits per heavy atom. The minimum Gasteiger partial charge on any atom is -0.506 e. The van der Waals surface area contributed by atoms with Crippen molar-refractivity contribution in [3.63, 3.8) is 0 Å². The zero-order valence-corrected chi connectivity index (χ0v) is 19.5. The number of phenolic OH excluding ortho intramolecular Hbond substituents is 1. The molecule has 0 aliphatic carbocycles. The number of phenols is 1. The second-order valence-corrected chi connectivity index (χ2v) is 10.1. The number of fused-ring (bicyclic) bond motifs is 1. The molecule has 2 aromatic heterocycles. The van der Waals surface area contributed by atoms with Crippen LogP contribution in [-0.4, -0.2) is 43.5 Å². The van der Waals surface area contributed by atoms with Crippen molar-refractivity contribution < 1.29 is 32.5 Å². The summed E-state index contributed by atoms with van der Waals surface area (Å²) in [5.41, 5.74) is -0.657. The van der Waals surface area contributed by atoms with Crippen molar-refractivity contribution in [2.75, 3.05) is 4.72 Å². The predicted molar refractivity (Wildman–Crippen MR) is 126 cm³/mol. The number of rotatable bonds is 6. The average molecular weight is 532 g/mol. The van der Waals surface area contributed by atoms with Gasteiger partial charge >= 0.3 is 0 Å². The van der Waals surface area contributed by atoms with Crippen LogP contribution in [0.15, 0.2) is 75.9 Å². The number of halogens is 2. The number of aromatic nitrogens is 4. The highest BCUT2D eigenvalue weighted by Gasteiger charge is 2.29. The maximum absolute atomic E-state index is 15.4. The van der Waals surface area contributed by atoms with Gasteiger partial charge in [0.05, 0.1) is 16.3 Å². The highest BCUT2D eigenvalue weighted by atomic mass is 32.2. The Bertz CT molecular complexity index is 1700. The first-order chi connectivity index (χ1) is 17.2. The van der Waals surface area contributed by atoms with Crippen molar-refractivity contribution in [1.29, 1.82) is 0 Å². The summed E-state index contributed by atoms with van der Waals surface area (Å²) in [5, 5.41) is 37.8. The fourth-order valence-electron chi connectivity index (χ4n) is 3.64. The molecular formula is C22H15F2N5O5S2. The number of H-pyrrole nitrogens is 1. The van der Waals surface area contributed by atoms with Crippen molar-refractivity contribution in [1.82, 2.24) is 19.7 Å². The molecule has 2 heterocycles. The second kappa shape index (κ2) is 8.73. The highest BCUT2D eigenvalue weighted by molar-refractivity contribution is 7.99. The molecule has 0 radical (unpaired) electrons. The van der Waals surface area contributed by atoms with E-state index in [1.54, 1.807) is 18.2 Å². The van der Waals surface area contributed by atoms with Crippen LogP contribution in [-0.2, 0) is 10.0 Å². The molecule has 10 nitrogen and oxygen atoms in total. The van der Waals surface area contributed by atoms with E-state index in [2.05, 4.69) is 19.9 Å². The van der Waals surface area contributed by atoms with E-state index in [1.807, 2.05) is 0 Å². The minimum atomic E-state index is -4.90. The molecule has 184 valence electrons. The predicted octanol–water partition coefficient (Wildman–Crippen LogP) is 4.10. The zero-order valence-electron chi connectivity index (χ0n) is 17.8. The fraction of sp³-hybridized carbons (Fsp3) is 0. The molecule has 0 atom stereocenters. The van der Waals surface area contributed by atoms with Crippen molar-refractivity contribution in [2.24, 2.45) is 0 Å². The number of benzene rings is 3. The molecule has 5 N–H and O–H groups in total. The summed E-state index contributed by atoms with van der Waals surface area (Å²) in [6.45, 7) is 0. The molecule has 0 amide bonds. The summed E-state index contributed by atoms with van der Waals surface area (Å²) in [6, 6.07) is 11.3. The number of nitrogens with one attached hydrogen (secondary N) is 2. The second-order valence-electron chi connectivity index (χ2n) is 7.41. The van der Waals surface area contributed by atoms with Gasteiger partial charge in [-0.1, -0.05) is 24.3 Å². The van der Waals surface area contributed by atoms with Gasteiger partial charge in [-0.05, 0) is 30.0 Å². The first kappa shape index (κ1) is 23.4. The molecule has 0 unspecified atom stereocenters. The summed E-state index contributed by atoms with van der Waals surface area (Å²) in [7, 11) is -4.90. The molecule has 0 spiro atoms. The van der Waals surface area contributed by atoms with E-state index in [9.17, 15) is 28.1 Å². The Morgan fingerprint density at radius 3 is 2.33 bits per heavy atom. The molecule has 0 fully saturated rings. The summed E-state index contributed by atoms with van der Waals surface area (Å²) in [5.74, 6) is -4.27. The van der Waals surface area contributed by atoms with Crippen LogP contribution in [0.5, 0.6) is 17.5 Å². The maximum atomic E-state index is 15.4. The summed E-state index contributed by atoms with van der Waals surface area (Å²) in [4.78, 5) is 2.83. The molecule has 0 saturated heterocycles. The van der Waals surface area contributed by atoms with E-state index in [4.69, 9.17) is 0 Å². The summed E-state index contributed by atoms with van der Waals surface area (Å²) >= 11 is 0.961. The molecular weight excluding hydrogens is 516 g/mol. The Morgan fingerprint density at radius 2 is 1.67 bits per heavy atom. The van der Waals surface area contributed by atoms with Gasteiger partial charge in [0.2, 0.25) is 0 Å². The standard InChI is InChI=1S/C22H15F2N5O5S2/c23-13-5-6-15(29-17(30)7-8-18(29)31)19(24)21(13)36(33,34)28-14-9-16(35-22-25-10-26-27-22)20(32)12-4-2-1-3-11(12)14/h1-10,28,30-32H,(H,25,26,27). The number of hydrogen-bond acceptors (Lipinski definition) is 8. The zero-order chi connectivity index (χ0) is 25.6. The third kappa shape index (κ3) is 3.95. The lowest BCUT2D eigenvalue weighted by molar-refractivity contribution is 0.397. The lowest BCUT2D eigenvalue weighted by Crippen LogP contribution is -2.18. The Hall–Kier alpha value is -4.30. The van der Waals surface area contributed by atoms with E-state index in [0.717, 1.165) is 30.0 Å². The smallest absolute Gasteiger partial charge is 0.267 e. The van der Waals surface area contributed by atoms with Gasteiger partial charge in [-0.25, -0.2) is 26.7 Å². The first-order valence-corrected chi connectivity index (χ1v) is 12.4. The van der Waals surface area contributed by atoms with Crippen molar-refractivity contribution in [3.8, 4) is 23.2 Å². The Balaban J connectivity index is 1.64. The molecule has 0 saturated carbocycles. The van der Waals surface area contributed by atoms with Gasteiger partial charge in [0.25, 0.3) is 10.0 Å².